The van der Waals surface area contributed by atoms with Gasteiger partial charge >= 0.3 is 0 Å². The molecule has 1 saturated heterocycles. The first kappa shape index (κ1) is 20.7. The first-order valence-electron chi connectivity index (χ1n) is 9.68. The quantitative estimate of drug-likeness (QED) is 0.696. The van der Waals surface area contributed by atoms with Crippen LogP contribution < -0.4 is 25.4 Å². The van der Waals surface area contributed by atoms with Crippen molar-refractivity contribution in [2.45, 2.75) is 25.8 Å². The van der Waals surface area contributed by atoms with Gasteiger partial charge in [0, 0.05) is 29.7 Å². The highest BCUT2D eigenvalue weighted by Crippen LogP contribution is 2.37. The van der Waals surface area contributed by atoms with Crippen LogP contribution in [-0.4, -0.2) is 38.6 Å². The summed E-state index contributed by atoms with van der Waals surface area (Å²) < 4.78 is 10.9. The molecule has 0 saturated carbocycles. The number of rotatable bonds is 6. The number of ether oxygens (including phenoxy) is 2. The first-order chi connectivity index (χ1) is 14.0. The van der Waals surface area contributed by atoms with Gasteiger partial charge < -0.3 is 25.4 Å². The van der Waals surface area contributed by atoms with Crippen LogP contribution in [0.3, 0.4) is 0 Å². The zero-order chi connectivity index (χ0) is 20.8. The zero-order valence-electron chi connectivity index (χ0n) is 17.0. The lowest BCUT2D eigenvalue weighted by Crippen LogP contribution is -2.40. The normalized spacial score (nSPS) is 18.6. The number of piperidine rings is 1. The van der Waals surface area contributed by atoms with E-state index in [-0.39, 0.29) is 17.7 Å². The van der Waals surface area contributed by atoms with Crippen molar-refractivity contribution >= 4 is 23.2 Å². The van der Waals surface area contributed by atoms with Gasteiger partial charge in [-0.15, -0.1) is 0 Å². The van der Waals surface area contributed by atoms with Gasteiger partial charge in [-0.1, -0.05) is 18.2 Å². The topological polar surface area (TPSA) is 88.7 Å². The molecule has 3 N–H and O–H groups in total. The molecule has 0 aromatic heterocycles. The molecule has 3 rings (SSSR count). The minimum Gasteiger partial charge on any atom is -0.494 e. The summed E-state index contributed by atoms with van der Waals surface area (Å²) in [5.41, 5.74) is 1.51. The summed E-state index contributed by atoms with van der Waals surface area (Å²) in [6, 6.07) is 12.5. The second kappa shape index (κ2) is 9.43. The lowest BCUT2D eigenvalue weighted by molar-refractivity contribution is -0.120. The largest absolute Gasteiger partial charge is 0.494 e. The Kier molecular flexibility index (Phi) is 6.72. The number of carbonyl (C=O) groups is 2. The van der Waals surface area contributed by atoms with E-state index in [0.717, 1.165) is 19.4 Å². The Morgan fingerprint density at radius 3 is 2.21 bits per heavy atom. The van der Waals surface area contributed by atoms with Crippen molar-refractivity contribution in [2.24, 2.45) is 5.92 Å². The summed E-state index contributed by atoms with van der Waals surface area (Å²) in [5.74, 6) is 0.527. The smallest absolute Gasteiger partial charge is 0.255 e. The molecule has 1 heterocycles. The van der Waals surface area contributed by atoms with Crippen LogP contribution >= 0.6 is 0 Å². The summed E-state index contributed by atoms with van der Waals surface area (Å²) >= 11 is 0. The average Bonchev–Trinajstić information content (AvgIpc) is 2.74. The van der Waals surface area contributed by atoms with Crippen molar-refractivity contribution in [3.05, 3.63) is 48.0 Å². The Labute approximate surface area is 170 Å². The number of carbonyl (C=O) groups excluding carboxylic acids is 2. The van der Waals surface area contributed by atoms with Crippen LogP contribution in [0.1, 0.15) is 30.1 Å². The number of methoxy groups -OCH3 is 2. The second-order valence-electron chi connectivity index (χ2n) is 7.14. The van der Waals surface area contributed by atoms with E-state index in [2.05, 4.69) is 22.9 Å². The lowest BCUT2D eigenvalue weighted by Gasteiger charge is -2.27. The maximum absolute atomic E-state index is 12.7. The third-order valence-electron chi connectivity index (χ3n) is 5.06. The molecule has 1 aliphatic heterocycles. The fourth-order valence-electron chi connectivity index (χ4n) is 3.48. The van der Waals surface area contributed by atoms with E-state index in [9.17, 15) is 9.59 Å². The molecule has 1 aliphatic rings. The standard InChI is InChI=1S/C22H27N3O4/c1-14-11-16(9-10-23-14)22(27)25-18-13-19(28-2)17(12-20(18)29-3)24-21(26)15-7-5-4-6-8-15/h4-8,12-14,16,23H,9-11H2,1-3H3,(H,24,26)(H,25,27)/t14-,16-/m0/s1. The van der Waals surface area contributed by atoms with E-state index in [0.29, 0.717) is 34.5 Å². The minimum absolute atomic E-state index is 0.0419. The van der Waals surface area contributed by atoms with Crippen LogP contribution in [0, 0.1) is 5.92 Å². The number of benzene rings is 2. The van der Waals surface area contributed by atoms with E-state index >= 15 is 0 Å². The van der Waals surface area contributed by atoms with E-state index in [4.69, 9.17) is 9.47 Å². The minimum atomic E-state index is -0.258. The molecule has 1 fully saturated rings. The Balaban J connectivity index is 1.80. The number of hydrogen-bond acceptors (Lipinski definition) is 5. The Morgan fingerprint density at radius 1 is 1.00 bits per heavy atom. The molecule has 0 spiro atoms. The van der Waals surface area contributed by atoms with Gasteiger partial charge in [-0.25, -0.2) is 0 Å². The third kappa shape index (κ3) is 5.06. The molecule has 0 aliphatic carbocycles. The van der Waals surface area contributed by atoms with Crippen molar-refractivity contribution in [3.8, 4) is 11.5 Å². The first-order valence-corrected chi connectivity index (χ1v) is 9.68. The van der Waals surface area contributed by atoms with Crippen molar-refractivity contribution < 1.29 is 19.1 Å². The number of nitrogens with one attached hydrogen (secondary N) is 3. The summed E-state index contributed by atoms with van der Waals surface area (Å²) in [6.45, 7) is 2.90. The van der Waals surface area contributed by atoms with Gasteiger partial charge in [-0.3, -0.25) is 9.59 Å². The fourth-order valence-corrected chi connectivity index (χ4v) is 3.48. The number of amides is 2. The maximum Gasteiger partial charge on any atom is 0.255 e. The SMILES string of the molecule is COc1cc(NC(=O)[C@H]2CCN[C@@H](C)C2)c(OC)cc1NC(=O)c1ccccc1. The molecule has 154 valence electrons. The van der Waals surface area contributed by atoms with Crippen LogP contribution in [-0.2, 0) is 4.79 Å². The van der Waals surface area contributed by atoms with Gasteiger partial charge in [0.15, 0.2) is 0 Å². The molecule has 0 radical (unpaired) electrons. The van der Waals surface area contributed by atoms with Crippen LogP contribution in [0.5, 0.6) is 11.5 Å². The summed E-state index contributed by atoms with van der Waals surface area (Å²) in [7, 11) is 3.03. The highest BCUT2D eigenvalue weighted by Gasteiger charge is 2.26. The van der Waals surface area contributed by atoms with Gasteiger partial charge in [0.2, 0.25) is 5.91 Å². The van der Waals surface area contributed by atoms with E-state index < -0.39 is 0 Å². The van der Waals surface area contributed by atoms with Crippen molar-refractivity contribution in [2.75, 3.05) is 31.4 Å². The van der Waals surface area contributed by atoms with Crippen molar-refractivity contribution in [1.29, 1.82) is 0 Å². The van der Waals surface area contributed by atoms with Crippen molar-refractivity contribution in [1.82, 2.24) is 5.32 Å². The second-order valence-corrected chi connectivity index (χ2v) is 7.14. The van der Waals surface area contributed by atoms with E-state index in [1.165, 1.54) is 14.2 Å². The van der Waals surface area contributed by atoms with Gasteiger partial charge in [0.25, 0.3) is 5.91 Å². The zero-order valence-corrected chi connectivity index (χ0v) is 17.0. The van der Waals surface area contributed by atoms with Crippen LogP contribution in [0.4, 0.5) is 11.4 Å². The molecular weight excluding hydrogens is 370 g/mol. The third-order valence-corrected chi connectivity index (χ3v) is 5.06. The average molecular weight is 397 g/mol. The highest BCUT2D eigenvalue weighted by atomic mass is 16.5. The monoisotopic (exact) mass is 397 g/mol. The number of hydrogen-bond donors (Lipinski definition) is 3. The summed E-state index contributed by atoms with van der Waals surface area (Å²) in [6.07, 6.45) is 1.58. The van der Waals surface area contributed by atoms with E-state index in [1.807, 2.05) is 6.07 Å². The van der Waals surface area contributed by atoms with Gasteiger partial charge in [0.05, 0.1) is 25.6 Å². The van der Waals surface area contributed by atoms with Crippen LogP contribution in [0.25, 0.3) is 0 Å². The fraction of sp³-hybridized carbons (Fsp3) is 0.364. The van der Waals surface area contributed by atoms with Crippen LogP contribution in [0.15, 0.2) is 42.5 Å². The maximum atomic E-state index is 12.7. The summed E-state index contributed by atoms with van der Waals surface area (Å²) in [4.78, 5) is 25.2. The molecule has 2 aromatic rings. The van der Waals surface area contributed by atoms with Gasteiger partial charge in [-0.05, 0) is 38.4 Å². The Hall–Kier alpha value is -3.06. The Morgan fingerprint density at radius 2 is 1.62 bits per heavy atom. The predicted molar refractivity (Wildman–Crippen MR) is 113 cm³/mol. The molecular formula is C22H27N3O4. The molecule has 2 atom stereocenters. The van der Waals surface area contributed by atoms with Crippen LogP contribution in [0.2, 0.25) is 0 Å². The molecule has 2 aromatic carbocycles. The molecule has 7 nitrogen and oxygen atoms in total. The highest BCUT2D eigenvalue weighted by molar-refractivity contribution is 6.05. The van der Waals surface area contributed by atoms with Gasteiger partial charge in [-0.2, -0.15) is 0 Å². The lowest BCUT2D eigenvalue weighted by atomic mass is 9.92. The van der Waals surface area contributed by atoms with Gasteiger partial charge in [0.1, 0.15) is 11.5 Å². The van der Waals surface area contributed by atoms with Crippen molar-refractivity contribution in [3.63, 3.8) is 0 Å². The summed E-state index contributed by atoms with van der Waals surface area (Å²) in [5, 5.41) is 9.14. The molecule has 29 heavy (non-hydrogen) atoms. The molecule has 0 unspecified atom stereocenters. The molecule has 2 amide bonds. The molecule has 0 bridgehead atoms. The predicted octanol–water partition coefficient (Wildman–Crippen LogP) is 3.28. The molecule has 7 heteroatoms. The van der Waals surface area contributed by atoms with E-state index in [1.54, 1.807) is 36.4 Å². The number of anilines is 2. The Bertz CT molecular complexity index is 870.